The molecule has 5 nitrogen and oxygen atoms in total. The van der Waals surface area contributed by atoms with E-state index >= 15 is 0 Å². The molecule has 0 aliphatic carbocycles. The first kappa shape index (κ1) is 24.9. The summed E-state index contributed by atoms with van der Waals surface area (Å²) in [6.07, 6.45) is 0. The van der Waals surface area contributed by atoms with Crippen molar-refractivity contribution in [2.75, 3.05) is 4.90 Å². The summed E-state index contributed by atoms with van der Waals surface area (Å²) in [5, 5.41) is 2.50. The number of nitrogens with zero attached hydrogens (tertiary/aromatic N) is 4. The van der Waals surface area contributed by atoms with E-state index in [0.717, 1.165) is 17.3 Å². The van der Waals surface area contributed by atoms with E-state index in [9.17, 15) is 0 Å². The van der Waals surface area contributed by atoms with Crippen LogP contribution in [0.25, 0.3) is 50.1 Å². The Morgan fingerprint density at radius 2 is 1.37 bits per heavy atom. The van der Waals surface area contributed by atoms with E-state index < -0.39 is 5.66 Å². The van der Waals surface area contributed by atoms with Gasteiger partial charge in [-0.2, -0.15) is 18.6 Å². The largest absolute Gasteiger partial charge is 0.456 e. The second kappa shape index (κ2) is 7.74. The molecule has 5 aromatic carbocycles. The number of benzene rings is 5. The molecule has 1 spiro atoms. The molecule has 0 N–H and O–H groups in total. The first-order valence-corrected chi connectivity index (χ1v) is 17.1. The first-order valence-electron chi connectivity index (χ1n) is 17.1. The van der Waals surface area contributed by atoms with Gasteiger partial charge in [-0.15, -0.1) is 0 Å². The number of hydrogen-bond acceptors (Lipinski definition) is 2. The van der Waals surface area contributed by atoms with E-state index in [-0.39, 0.29) is 5.41 Å². The number of anilines is 3. The van der Waals surface area contributed by atoms with Crippen LogP contribution in [-0.2, 0) is 11.1 Å². The second-order valence-electron chi connectivity index (χ2n) is 14.6. The third-order valence-electron chi connectivity index (χ3n) is 12.1. The maximum Gasteiger partial charge on any atom is 0.323 e. The van der Waals surface area contributed by atoms with Gasteiger partial charge in [0.15, 0.2) is 16.9 Å². The maximum atomic E-state index is 7.03. The Balaban J connectivity index is 1.33. The maximum absolute atomic E-state index is 7.03. The van der Waals surface area contributed by atoms with Gasteiger partial charge >= 0.3 is 5.66 Å². The fraction of sp³-hybridized carbons (Fsp3) is 0.0909. The third kappa shape index (κ3) is 2.47. The highest BCUT2D eigenvalue weighted by Crippen LogP contribution is 2.63. The highest BCUT2D eigenvalue weighted by molar-refractivity contribution is 6.12. The van der Waals surface area contributed by atoms with Gasteiger partial charge in [0.05, 0.1) is 5.56 Å². The number of pyridine rings is 2. The number of hydrogen-bond donors (Lipinski definition) is 0. The molecule has 8 aromatic rings. The minimum absolute atomic E-state index is 0.211. The van der Waals surface area contributed by atoms with E-state index in [2.05, 4.69) is 166 Å². The van der Waals surface area contributed by atoms with E-state index in [4.69, 9.17) is 4.74 Å². The molecular formula is C44H28N4O+2. The van der Waals surface area contributed by atoms with Crippen molar-refractivity contribution < 1.29 is 13.9 Å². The third-order valence-corrected chi connectivity index (χ3v) is 12.1. The monoisotopic (exact) mass is 628 g/mol. The Morgan fingerprint density at radius 3 is 2.29 bits per heavy atom. The van der Waals surface area contributed by atoms with Crippen molar-refractivity contribution in [2.45, 2.75) is 24.9 Å². The zero-order valence-corrected chi connectivity index (χ0v) is 26.9. The molecule has 8 heterocycles. The van der Waals surface area contributed by atoms with Crippen LogP contribution in [0.15, 0.2) is 133 Å². The van der Waals surface area contributed by atoms with Gasteiger partial charge < -0.3 is 4.74 Å². The summed E-state index contributed by atoms with van der Waals surface area (Å²) in [5.74, 6) is 4.22. The molecule has 1 atom stereocenters. The van der Waals surface area contributed by atoms with Crippen LogP contribution >= 0.6 is 0 Å². The molecule has 0 amide bonds. The number of aromatic nitrogens is 3. The summed E-state index contributed by atoms with van der Waals surface area (Å²) in [4.78, 5) is 2.52. The Bertz CT molecular complexity index is 2900. The van der Waals surface area contributed by atoms with Crippen molar-refractivity contribution in [3.8, 4) is 39.8 Å². The summed E-state index contributed by atoms with van der Waals surface area (Å²) in [6.45, 7) is 4.77. The fourth-order valence-corrected chi connectivity index (χ4v) is 10.2. The Hall–Kier alpha value is -6.20. The van der Waals surface area contributed by atoms with Crippen molar-refractivity contribution in [3.05, 3.63) is 156 Å². The van der Waals surface area contributed by atoms with E-state index in [0.29, 0.717) is 0 Å². The van der Waals surface area contributed by atoms with Crippen LogP contribution in [0.3, 0.4) is 0 Å². The summed E-state index contributed by atoms with van der Waals surface area (Å²) in [6, 6.07) is 49.3. The molecule has 0 fully saturated rings. The molecule has 5 aliphatic rings. The standard InChI is InChI=1S/C44H28N4O/c1-43(2)29-14-7-9-16-32(29)45-34-17-10-18-36-39(34)44-40-37(49-36)22-19-28-27-13-6-8-15-31(27)46(41(28)40)38-24-26(25-11-4-3-5-12-25)23-35(47(38)44)33-21-20-30(43)42(45)48(33)44/h3-24H,1-2H3/q+2. The van der Waals surface area contributed by atoms with E-state index in [1.54, 1.807) is 0 Å². The van der Waals surface area contributed by atoms with Gasteiger partial charge in [0.2, 0.25) is 0 Å². The lowest BCUT2D eigenvalue weighted by Crippen LogP contribution is -2.76. The lowest BCUT2D eigenvalue weighted by atomic mass is 9.72. The molecule has 49 heavy (non-hydrogen) atoms. The molecule has 0 bridgehead atoms. The Labute approximate surface area is 282 Å². The molecule has 1 unspecified atom stereocenters. The molecule has 0 radical (unpaired) electrons. The summed E-state index contributed by atoms with van der Waals surface area (Å²) >= 11 is 0. The van der Waals surface area contributed by atoms with Gasteiger partial charge in [0.25, 0.3) is 11.6 Å². The van der Waals surface area contributed by atoms with Crippen molar-refractivity contribution >= 4 is 39.0 Å². The number of ether oxygens (including phenoxy) is 1. The molecule has 0 saturated heterocycles. The zero-order chi connectivity index (χ0) is 32.0. The highest BCUT2D eigenvalue weighted by atomic mass is 16.5. The molecule has 0 saturated carbocycles. The van der Waals surface area contributed by atoms with Crippen LogP contribution < -0.4 is 18.8 Å². The second-order valence-corrected chi connectivity index (χ2v) is 14.6. The van der Waals surface area contributed by atoms with E-state index in [1.807, 2.05) is 0 Å². The van der Waals surface area contributed by atoms with Gasteiger partial charge in [0.1, 0.15) is 39.5 Å². The summed E-state index contributed by atoms with van der Waals surface area (Å²) < 4.78 is 14.9. The Kier molecular flexibility index (Phi) is 3.93. The lowest BCUT2D eigenvalue weighted by Gasteiger charge is -2.45. The van der Waals surface area contributed by atoms with E-state index in [1.165, 1.54) is 83.8 Å². The van der Waals surface area contributed by atoms with Crippen LogP contribution in [0.2, 0.25) is 0 Å². The fourth-order valence-electron chi connectivity index (χ4n) is 10.2. The van der Waals surface area contributed by atoms with Crippen LogP contribution in [0, 0.1) is 0 Å². The molecule has 228 valence electrons. The summed E-state index contributed by atoms with van der Waals surface area (Å²) in [5.41, 5.74) is 13.8. The quantitative estimate of drug-likeness (QED) is 0.170. The van der Waals surface area contributed by atoms with Gasteiger partial charge in [-0.05, 0) is 71.8 Å². The van der Waals surface area contributed by atoms with Crippen molar-refractivity contribution in [1.29, 1.82) is 0 Å². The van der Waals surface area contributed by atoms with Gasteiger partial charge in [-0.25, -0.2) is 0 Å². The molecule has 5 aliphatic heterocycles. The van der Waals surface area contributed by atoms with Gasteiger partial charge in [0, 0.05) is 27.8 Å². The Morgan fingerprint density at radius 1 is 0.571 bits per heavy atom. The van der Waals surface area contributed by atoms with Crippen LogP contribution in [0.4, 0.5) is 17.2 Å². The van der Waals surface area contributed by atoms with Crippen molar-refractivity contribution in [1.82, 2.24) is 4.57 Å². The molecular weight excluding hydrogens is 601 g/mol. The normalized spacial score (nSPS) is 18.4. The number of fused-ring (bicyclic) bond motifs is 8. The first-order chi connectivity index (χ1) is 24.1. The predicted octanol–water partition coefficient (Wildman–Crippen LogP) is 9.15. The topological polar surface area (TPSA) is 25.2 Å². The van der Waals surface area contributed by atoms with Gasteiger partial charge in [-0.3, -0.25) is 0 Å². The minimum Gasteiger partial charge on any atom is -0.456 e. The average Bonchev–Trinajstić information content (AvgIpc) is 3.64. The van der Waals surface area contributed by atoms with Crippen LogP contribution in [-0.4, -0.2) is 4.57 Å². The van der Waals surface area contributed by atoms with Crippen LogP contribution in [0.1, 0.15) is 36.1 Å². The smallest absolute Gasteiger partial charge is 0.323 e. The molecule has 3 aromatic heterocycles. The van der Waals surface area contributed by atoms with Crippen LogP contribution in [0.5, 0.6) is 11.5 Å². The SMILES string of the molecule is CC1(C)c2ccccc2N2c3cccc4c3C35c6c(ccc7c8ccccc8n(c67)-c6cc(-c7ccccc7)cc([n+]63)-c3ccc1c2[n+]35)O4. The van der Waals surface area contributed by atoms with Gasteiger partial charge in [-0.1, -0.05) is 80.6 Å². The zero-order valence-electron chi connectivity index (χ0n) is 26.9. The lowest BCUT2D eigenvalue weighted by molar-refractivity contribution is -0.932. The number of para-hydroxylation sites is 2. The van der Waals surface area contributed by atoms with Crippen molar-refractivity contribution in [3.63, 3.8) is 0 Å². The minimum atomic E-state index is -0.692. The molecule has 5 heteroatoms. The summed E-state index contributed by atoms with van der Waals surface area (Å²) in [7, 11) is 0. The van der Waals surface area contributed by atoms with Crippen molar-refractivity contribution in [2.24, 2.45) is 0 Å². The predicted molar refractivity (Wildman–Crippen MR) is 191 cm³/mol. The number of rotatable bonds is 1. The average molecular weight is 629 g/mol. The molecule has 13 rings (SSSR count). The highest BCUT2D eigenvalue weighted by Gasteiger charge is 2.71.